The number of ether oxygens (including phenoxy) is 2. The Kier molecular flexibility index (Phi) is 11.5. The van der Waals surface area contributed by atoms with Crippen molar-refractivity contribution >= 4 is 5.97 Å². The van der Waals surface area contributed by atoms with E-state index in [9.17, 15) is 15.0 Å². The van der Waals surface area contributed by atoms with Gasteiger partial charge in [-0.05, 0) is 43.0 Å². The first kappa shape index (κ1) is 24.7. The number of carboxylic acids is 1. The van der Waals surface area contributed by atoms with Crippen molar-refractivity contribution in [2.24, 2.45) is 0 Å². The highest BCUT2D eigenvalue weighted by atomic mass is 16.5. The molecule has 0 fully saturated rings. The number of aliphatic hydroxyl groups excluding tert-OH is 1. The van der Waals surface area contributed by atoms with E-state index >= 15 is 0 Å². The number of rotatable bonds is 16. The van der Waals surface area contributed by atoms with Gasteiger partial charge in [-0.25, -0.2) is 4.79 Å². The summed E-state index contributed by atoms with van der Waals surface area (Å²) in [4.78, 5) is 11.4. The van der Waals surface area contributed by atoms with Gasteiger partial charge in [0.2, 0.25) is 0 Å². The summed E-state index contributed by atoms with van der Waals surface area (Å²) in [5, 5.41) is 18.5. The SMILES string of the molecule is CCCCCCCCCCOc1cc(Oc2ccccc2C(=O)O)ccc1CCCO. The quantitative estimate of drug-likeness (QED) is 0.294. The number of aromatic carboxylic acids is 1. The van der Waals surface area contributed by atoms with Gasteiger partial charge in [-0.15, -0.1) is 0 Å². The number of aliphatic hydroxyl groups is 1. The van der Waals surface area contributed by atoms with Crippen molar-refractivity contribution in [1.82, 2.24) is 0 Å². The van der Waals surface area contributed by atoms with Crippen LogP contribution < -0.4 is 9.47 Å². The van der Waals surface area contributed by atoms with Gasteiger partial charge in [0.25, 0.3) is 0 Å². The molecule has 2 aromatic rings. The molecule has 0 aromatic heterocycles. The summed E-state index contributed by atoms with van der Waals surface area (Å²) >= 11 is 0. The monoisotopic (exact) mass is 428 g/mol. The zero-order valence-corrected chi connectivity index (χ0v) is 18.6. The third-order valence-corrected chi connectivity index (χ3v) is 5.24. The van der Waals surface area contributed by atoms with Crippen LogP contribution in [0.15, 0.2) is 42.5 Å². The summed E-state index contributed by atoms with van der Waals surface area (Å²) in [6.07, 6.45) is 11.3. The molecule has 5 nitrogen and oxygen atoms in total. The van der Waals surface area contributed by atoms with Crippen LogP contribution in [0.1, 0.15) is 80.6 Å². The molecule has 2 N–H and O–H groups in total. The molecule has 0 unspecified atom stereocenters. The Labute approximate surface area is 186 Å². The van der Waals surface area contributed by atoms with Crippen LogP contribution in [0, 0.1) is 0 Å². The standard InChI is InChI=1S/C26H36O5/c1-2-3-4-5-6-7-8-11-19-30-25-20-22(17-16-21(25)13-12-18-27)31-24-15-10-9-14-23(24)26(28)29/h9-10,14-17,20,27H,2-8,11-13,18-19H2,1H3,(H,28,29). The molecule has 31 heavy (non-hydrogen) atoms. The highest BCUT2D eigenvalue weighted by Crippen LogP contribution is 2.31. The lowest BCUT2D eigenvalue weighted by atomic mass is 10.1. The van der Waals surface area contributed by atoms with Gasteiger partial charge in [0.15, 0.2) is 0 Å². The Morgan fingerprint density at radius 2 is 1.58 bits per heavy atom. The predicted octanol–water partition coefficient (Wildman–Crippen LogP) is 6.62. The van der Waals surface area contributed by atoms with Crippen molar-refractivity contribution in [3.05, 3.63) is 53.6 Å². The van der Waals surface area contributed by atoms with E-state index in [1.165, 1.54) is 44.6 Å². The molecule has 0 amide bonds. The van der Waals surface area contributed by atoms with Gasteiger partial charge >= 0.3 is 5.97 Å². The number of unbranched alkanes of at least 4 members (excludes halogenated alkanes) is 7. The molecule has 0 radical (unpaired) electrons. The highest BCUT2D eigenvalue weighted by molar-refractivity contribution is 5.90. The first-order chi connectivity index (χ1) is 15.2. The molecule has 0 bridgehead atoms. The average Bonchev–Trinajstić information content (AvgIpc) is 2.77. The van der Waals surface area contributed by atoms with Crippen molar-refractivity contribution in [3.63, 3.8) is 0 Å². The molecule has 0 aliphatic carbocycles. The third kappa shape index (κ3) is 9.01. The second kappa shape index (κ2) is 14.5. The number of carbonyl (C=O) groups is 1. The van der Waals surface area contributed by atoms with Crippen molar-refractivity contribution in [2.75, 3.05) is 13.2 Å². The van der Waals surface area contributed by atoms with Crippen LogP contribution in [-0.4, -0.2) is 29.4 Å². The first-order valence-electron chi connectivity index (χ1n) is 11.5. The van der Waals surface area contributed by atoms with Gasteiger partial charge in [-0.1, -0.05) is 70.1 Å². The summed E-state index contributed by atoms with van der Waals surface area (Å²) < 4.78 is 11.9. The van der Waals surface area contributed by atoms with Crippen molar-refractivity contribution < 1.29 is 24.5 Å². The van der Waals surface area contributed by atoms with Crippen molar-refractivity contribution in [3.8, 4) is 17.2 Å². The van der Waals surface area contributed by atoms with E-state index in [1.54, 1.807) is 18.2 Å². The predicted molar refractivity (Wildman–Crippen MR) is 123 cm³/mol. The zero-order valence-electron chi connectivity index (χ0n) is 18.6. The second-order valence-corrected chi connectivity index (χ2v) is 7.82. The lowest BCUT2D eigenvalue weighted by Gasteiger charge is -2.14. The van der Waals surface area contributed by atoms with E-state index in [0.29, 0.717) is 24.5 Å². The number of aryl methyl sites for hydroxylation is 1. The summed E-state index contributed by atoms with van der Waals surface area (Å²) in [5.41, 5.74) is 1.14. The summed E-state index contributed by atoms with van der Waals surface area (Å²) in [6.45, 7) is 3.00. The Balaban J connectivity index is 1.94. The second-order valence-electron chi connectivity index (χ2n) is 7.82. The van der Waals surface area contributed by atoms with E-state index in [2.05, 4.69) is 6.92 Å². The maximum absolute atomic E-state index is 11.4. The molecule has 170 valence electrons. The fraction of sp³-hybridized carbons (Fsp3) is 0.500. The normalized spacial score (nSPS) is 10.8. The third-order valence-electron chi connectivity index (χ3n) is 5.24. The molecule has 0 saturated heterocycles. The van der Waals surface area contributed by atoms with Gasteiger partial charge in [-0.3, -0.25) is 0 Å². The van der Waals surface area contributed by atoms with Gasteiger partial charge in [-0.2, -0.15) is 0 Å². The molecule has 2 rings (SSSR count). The fourth-order valence-electron chi connectivity index (χ4n) is 3.49. The van der Waals surface area contributed by atoms with Crippen LogP contribution in [0.25, 0.3) is 0 Å². The minimum atomic E-state index is -1.03. The molecule has 0 aliphatic rings. The maximum Gasteiger partial charge on any atom is 0.339 e. The van der Waals surface area contributed by atoms with E-state index in [4.69, 9.17) is 9.47 Å². The minimum Gasteiger partial charge on any atom is -0.493 e. The number of hydrogen-bond donors (Lipinski definition) is 2. The molecule has 5 heteroatoms. The molecule has 2 aromatic carbocycles. The molecule has 0 spiro atoms. The summed E-state index contributed by atoms with van der Waals surface area (Å²) in [7, 11) is 0. The summed E-state index contributed by atoms with van der Waals surface area (Å²) in [6, 6.07) is 12.1. The lowest BCUT2D eigenvalue weighted by molar-refractivity contribution is 0.0694. The van der Waals surface area contributed by atoms with E-state index in [0.717, 1.165) is 30.6 Å². The number of para-hydroxylation sites is 1. The van der Waals surface area contributed by atoms with E-state index < -0.39 is 5.97 Å². The molecular weight excluding hydrogens is 392 g/mol. The van der Waals surface area contributed by atoms with Gasteiger partial charge in [0.1, 0.15) is 22.8 Å². The Bertz CT molecular complexity index is 787. The van der Waals surface area contributed by atoms with Gasteiger partial charge in [0.05, 0.1) is 6.61 Å². The highest BCUT2D eigenvalue weighted by Gasteiger charge is 2.13. The first-order valence-corrected chi connectivity index (χ1v) is 11.5. The van der Waals surface area contributed by atoms with Crippen molar-refractivity contribution in [2.45, 2.75) is 71.1 Å². The Morgan fingerprint density at radius 3 is 2.29 bits per heavy atom. The molecule has 0 aliphatic heterocycles. The maximum atomic E-state index is 11.4. The van der Waals surface area contributed by atoms with Crippen molar-refractivity contribution in [1.29, 1.82) is 0 Å². The molecule has 0 saturated carbocycles. The van der Waals surface area contributed by atoms with Gasteiger partial charge in [0, 0.05) is 12.7 Å². The topological polar surface area (TPSA) is 76.0 Å². The summed E-state index contributed by atoms with van der Waals surface area (Å²) in [5.74, 6) is 0.544. The molecule has 0 heterocycles. The molecular formula is C26H36O5. The fourth-order valence-corrected chi connectivity index (χ4v) is 3.49. The zero-order chi connectivity index (χ0) is 22.3. The van der Waals surface area contributed by atoms with Crippen LogP contribution >= 0.6 is 0 Å². The number of benzene rings is 2. The van der Waals surface area contributed by atoms with Crippen LogP contribution in [0.5, 0.6) is 17.2 Å². The minimum absolute atomic E-state index is 0.119. The van der Waals surface area contributed by atoms with Crippen LogP contribution in [-0.2, 0) is 6.42 Å². The van der Waals surface area contributed by atoms with Gasteiger partial charge < -0.3 is 19.7 Å². The van der Waals surface area contributed by atoms with Crippen LogP contribution in [0.4, 0.5) is 0 Å². The average molecular weight is 429 g/mol. The molecule has 0 atom stereocenters. The van der Waals surface area contributed by atoms with E-state index in [1.807, 2.05) is 18.2 Å². The van der Waals surface area contributed by atoms with Crippen LogP contribution in [0.3, 0.4) is 0 Å². The van der Waals surface area contributed by atoms with E-state index in [-0.39, 0.29) is 12.2 Å². The number of carboxylic acid groups (broad SMARTS) is 1. The number of hydrogen-bond acceptors (Lipinski definition) is 4. The Hall–Kier alpha value is -2.53. The lowest BCUT2D eigenvalue weighted by Crippen LogP contribution is -2.03. The Morgan fingerprint density at radius 1 is 0.871 bits per heavy atom. The van der Waals surface area contributed by atoms with Crippen LogP contribution in [0.2, 0.25) is 0 Å². The largest absolute Gasteiger partial charge is 0.493 e. The smallest absolute Gasteiger partial charge is 0.339 e.